The Morgan fingerprint density at radius 3 is 2.50 bits per heavy atom. The SMILES string of the molecule is OC1c2c(C(F)(F)F)cn(-c3ccc(F)nc3)c2CC1(F)F. The highest BCUT2D eigenvalue weighted by Crippen LogP contribution is 2.49. The Bertz CT molecular complexity index is 719. The minimum atomic E-state index is -4.90. The standard InChI is InChI=1S/C13H8F6N2O/c14-9-2-1-6(4-20-9)21-5-7(13(17,18)19)10-8(21)3-12(15,16)11(10)22/h1-2,4-5,11,22H,3H2. The second-order valence-electron chi connectivity index (χ2n) is 4.95. The second kappa shape index (κ2) is 4.48. The molecule has 9 heteroatoms. The zero-order valence-corrected chi connectivity index (χ0v) is 10.7. The molecule has 0 aromatic carbocycles. The molecular formula is C13H8F6N2O. The van der Waals surface area contributed by atoms with E-state index >= 15 is 0 Å². The van der Waals surface area contributed by atoms with Gasteiger partial charge in [0.1, 0.15) is 6.10 Å². The van der Waals surface area contributed by atoms with E-state index in [1.165, 1.54) is 0 Å². The molecule has 0 fully saturated rings. The molecule has 0 radical (unpaired) electrons. The number of hydrogen-bond acceptors (Lipinski definition) is 2. The van der Waals surface area contributed by atoms with Crippen molar-refractivity contribution in [3.8, 4) is 5.69 Å². The van der Waals surface area contributed by atoms with E-state index in [4.69, 9.17) is 0 Å². The van der Waals surface area contributed by atoms with E-state index < -0.39 is 41.7 Å². The molecule has 2 aromatic rings. The average Bonchev–Trinajstić information content (AvgIpc) is 2.86. The number of aliphatic hydroxyl groups excluding tert-OH is 1. The smallest absolute Gasteiger partial charge is 0.382 e. The molecule has 0 spiro atoms. The number of fused-ring (bicyclic) bond motifs is 1. The van der Waals surface area contributed by atoms with Crippen molar-refractivity contribution in [1.29, 1.82) is 0 Å². The highest BCUT2D eigenvalue weighted by Gasteiger charge is 2.53. The molecule has 118 valence electrons. The molecule has 1 aliphatic rings. The van der Waals surface area contributed by atoms with E-state index in [0.717, 1.165) is 22.9 Å². The van der Waals surface area contributed by atoms with Gasteiger partial charge in [-0.2, -0.15) is 17.6 Å². The molecule has 0 amide bonds. The van der Waals surface area contributed by atoms with Crippen LogP contribution in [0.2, 0.25) is 0 Å². The van der Waals surface area contributed by atoms with Crippen LogP contribution in [0.3, 0.4) is 0 Å². The van der Waals surface area contributed by atoms with Gasteiger partial charge in [0.25, 0.3) is 5.92 Å². The molecule has 0 saturated heterocycles. The van der Waals surface area contributed by atoms with Gasteiger partial charge in [0, 0.05) is 17.5 Å². The van der Waals surface area contributed by atoms with Crippen molar-refractivity contribution >= 4 is 0 Å². The quantitative estimate of drug-likeness (QED) is 0.646. The molecule has 3 rings (SSSR count). The first-order valence-electron chi connectivity index (χ1n) is 6.10. The average molecular weight is 322 g/mol. The number of aliphatic hydroxyl groups is 1. The van der Waals surface area contributed by atoms with Gasteiger partial charge < -0.3 is 9.67 Å². The number of halogens is 6. The van der Waals surface area contributed by atoms with Crippen LogP contribution in [0.4, 0.5) is 26.3 Å². The van der Waals surface area contributed by atoms with Crippen LogP contribution in [0.1, 0.15) is 22.9 Å². The number of hydrogen-bond donors (Lipinski definition) is 1. The first-order chi connectivity index (χ1) is 10.1. The fourth-order valence-electron chi connectivity index (χ4n) is 2.55. The van der Waals surface area contributed by atoms with Crippen LogP contribution in [0, 0.1) is 5.95 Å². The molecule has 1 aliphatic carbocycles. The normalized spacial score (nSPS) is 20.2. The molecule has 2 aromatic heterocycles. The summed E-state index contributed by atoms with van der Waals surface area (Å²) in [5.74, 6) is -4.55. The largest absolute Gasteiger partial charge is 0.418 e. The van der Waals surface area contributed by atoms with Gasteiger partial charge >= 0.3 is 6.18 Å². The fraction of sp³-hybridized carbons (Fsp3) is 0.308. The van der Waals surface area contributed by atoms with Crippen molar-refractivity contribution in [1.82, 2.24) is 9.55 Å². The predicted octanol–water partition coefficient (Wildman–Crippen LogP) is 3.26. The first-order valence-corrected chi connectivity index (χ1v) is 6.10. The van der Waals surface area contributed by atoms with Gasteiger partial charge in [0.2, 0.25) is 5.95 Å². The van der Waals surface area contributed by atoms with Crippen molar-refractivity contribution in [2.75, 3.05) is 0 Å². The molecule has 2 heterocycles. The Balaban J connectivity index is 2.22. The van der Waals surface area contributed by atoms with Gasteiger partial charge in [-0.15, -0.1) is 0 Å². The molecule has 3 nitrogen and oxygen atoms in total. The molecule has 1 N–H and O–H groups in total. The van der Waals surface area contributed by atoms with Crippen molar-refractivity contribution in [3.63, 3.8) is 0 Å². The maximum atomic E-state index is 13.6. The Kier molecular flexibility index (Phi) is 3.03. The molecule has 1 atom stereocenters. The van der Waals surface area contributed by atoms with Gasteiger partial charge in [0.15, 0.2) is 0 Å². The predicted molar refractivity (Wildman–Crippen MR) is 62.1 cm³/mol. The van der Waals surface area contributed by atoms with Crippen LogP contribution in [0.25, 0.3) is 5.69 Å². The van der Waals surface area contributed by atoms with Crippen molar-refractivity contribution in [2.24, 2.45) is 0 Å². The van der Waals surface area contributed by atoms with E-state index in [1.807, 2.05) is 0 Å². The van der Waals surface area contributed by atoms with Crippen LogP contribution in [-0.2, 0) is 12.6 Å². The second-order valence-corrected chi connectivity index (χ2v) is 4.95. The summed E-state index contributed by atoms with van der Waals surface area (Å²) in [4.78, 5) is 3.29. The van der Waals surface area contributed by atoms with Gasteiger partial charge in [-0.1, -0.05) is 0 Å². The summed E-state index contributed by atoms with van der Waals surface area (Å²) in [6, 6.07) is 2.02. The van der Waals surface area contributed by atoms with Crippen LogP contribution in [0.5, 0.6) is 0 Å². The molecule has 0 aliphatic heterocycles. The van der Waals surface area contributed by atoms with Gasteiger partial charge in [0.05, 0.1) is 23.9 Å². The molecule has 1 unspecified atom stereocenters. The maximum absolute atomic E-state index is 13.6. The lowest BCUT2D eigenvalue weighted by molar-refractivity contribution is -0.142. The summed E-state index contributed by atoms with van der Waals surface area (Å²) < 4.78 is 79.9. The Morgan fingerprint density at radius 2 is 1.95 bits per heavy atom. The zero-order valence-electron chi connectivity index (χ0n) is 10.7. The third kappa shape index (κ3) is 2.16. The molecule has 22 heavy (non-hydrogen) atoms. The van der Waals surface area contributed by atoms with Crippen molar-refractivity contribution in [2.45, 2.75) is 24.6 Å². The number of rotatable bonds is 1. The number of alkyl halides is 5. The van der Waals surface area contributed by atoms with Crippen LogP contribution >= 0.6 is 0 Å². The van der Waals surface area contributed by atoms with Crippen LogP contribution < -0.4 is 0 Å². The van der Waals surface area contributed by atoms with E-state index in [9.17, 15) is 31.4 Å². The van der Waals surface area contributed by atoms with Gasteiger partial charge in [-0.3, -0.25) is 0 Å². The van der Waals surface area contributed by atoms with E-state index in [0.29, 0.717) is 6.20 Å². The monoisotopic (exact) mass is 322 g/mol. The van der Waals surface area contributed by atoms with Crippen LogP contribution in [-0.4, -0.2) is 20.6 Å². The number of pyridine rings is 1. The van der Waals surface area contributed by atoms with Gasteiger partial charge in [-0.25, -0.2) is 13.8 Å². The Morgan fingerprint density at radius 1 is 1.27 bits per heavy atom. The summed E-state index contributed by atoms with van der Waals surface area (Å²) >= 11 is 0. The summed E-state index contributed by atoms with van der Waals surface area (Å²) in [5.41, 5.74) is -2.55. The van der Waals surface area contributed by atoms with E-state index in [2.05, 4.69) is 4.98 Å². The lowest BCUT2D eigenvalue weighted by atomic mass is 10.1. The maximum Gasteiger partial charge on any atom is 0.418 e. The van der Waals surface area contributed by atoms with E-state index in [1.54, 1.807) is 0 Å². The molecular weight excluding hydrogens is 314 g/mol. The molecule has 0 bridgehead atoms. The number of nitrogens with zero attached hydrogens (tertiary/aromatic N) is 2. The summed E-state index contributed by atoms with van der Waals surface area (Å²) in [7, 11) is 0. The third-order valence-electron chi connectivity index (χ3n) is 3.52. The Labute approximate surface area is 119 Å². The summed E-state index contributed by atoms with van der Waals surface area (Å²) in [6.45, 7) is 0. The van der Waals surface area contributed by atoms with Crippen molar-refractivity contribution < 1.29 is 31.4 Å². The van der Waals surface area contributed by atoms with Gasteiger partial charge in [-0.05, 0) is 12.1 Å². The minimum Gasteiger partial charge on any atom is -0.382 e. The van der Waals surface area contributed by atoms with E-state index in [-0.39, 0.29) is 11.4 Å². The highest BCUT2D eigenvalue weighted by molar-refractivity contribution is 5.47. The topological polar surface area (TPSA) is 38.0 Å². The highest BCUT2D eigenvalue weighted by atomic mass is 19.4. The summed E-state index contributed by atoms with van der Waals surface area (Å²) in [6.07, 6.45) is -6.94. The fourth-order valence-corrected chi connectivity index (χ4v) is 2.55. The lowest BCUT2D eigenvalue weighted by Gasteiger charge is -2.16. The first kappa shape index (κ1) is 14.9. The van der Waals surface area contributed by atoms with Crippen LogP contribution in [0.15, 0.2) is 24.5 Å². The Hall–Kier alpha value is -2.03. The molecule has 0 saturated carbocycles. The zero-order chi connectivity index (χ0) is 16.3. The third-order valence-corrected chi connectivity index (χ3v) is 3.52. The van der Waals surface area contributed by atoms with Crippen molar-refractivity contribution in [3.05, 3.63) is 47.3 Å². The lowest BCUT2D eigenvalue weighted by Crippen LogP contribution is -2.23. The number of aromatic nitrogens is 2. The summed E-state index contributed by atoms with van der Waals surface area (Å²) in [5, 5.41) is 9.52. The minimum absolute atomic E-state index is 0.00181.